The molecule has 2 aromatic heterocycles. The van der Waals surface area contributed by atoms with Gasteiger partial charge in [0.1, 0.15) is 17.2 Å². The fraction of sp³-hybridized carbons (Fsp3) is 0.348. The molecule has 0 radical (unpaired) electrons. The lowest BCUT2D eigenvalue weighted by atomic mass is 9.99. The van der Waals surface area contributed by atoms with Gasteiger partial charge in [0.25, 0.3) is 5.91 Å². The highest BCUT2D eigenvalue weighted by Gasteiger charge is 2.45. The molecule has 174 valence electrons. The van der Waals surface area contributed by atoms with E-state index >= 15 is 0 Å². The number of rotatable bonds is 5. The largest absolute Gasteiger partial charge is 0.431 e. The van der Waals surface area contributed by atoms with E-state index < -0.39 is 29.6 Å². The molecule has 5 nitrogen and oxygen atoms in total. The number of carbonyl (C=O) groups is 1. The average molecular weight is 481 g/mol. The van der Waals surface area contributed by atoms with Crippen molar-refractivity contribution in [3.63, 3.8) is 0 Å². The first-order chi connectivity index (χ1) is 15.5. The van der Waals surface area contributed by atoms with Gasteiger partial charge < -0.3 is 9.47 Å². The highest BCUT2D eigenvalue weighted by Crippen LogP contribution is 2.48. The van der Waals surface area contributed by atoms with Crippen molar-refractivity contribution in [2.45, 2.75) is 45.5 Å². The molecule has 0 unspecified atom stereocenters. The highest BCUT2D eigenvalue weighted by atomic mass is 35.5. The van der Waals surface area contributed by atoms with E-state index in [0.717, 1.165) is 10.6 Å². The van der Waals surface area contributed by atoms with Gasteiger partial charge in [-0.25, -0.2) is 4.39 Å². The van der Waals surface area contributed by atoms with Crippen LogP contribution in [0.3, 0.4) is 0 Å². The van der Waals surface area contributed by atoms with Gasteiger partial charge in [-0.3, -0.25) is 14.8 Å². The zero-order valence-corrected chi connectivity index (χ0v) is 18.9. The summed E-state index contributed by atoms with van der Waals surface area (Å²) in [6, 6.07) is 3.24. The van der Waals surface area contributed by atoms with Crippen molar-refractivity contribution in [1.82, 2.24) is 19.4 Å². The van der Waals surface area contributed by atoms with E-state index in [1.807, 2.05) is 0 Å². The summed E-state index contributed by atoms with van der Waals surface area (Å²) >= 11 is 5.85. The number of aryl methyl sites for hydroxylation is 1. The van der Waals surface area contributed by atoms with Gasteiger partial charge >= 0.3 is 6.18 Å². The third kappa shape index (κ3) is 4.46. The van der Waals surface area contributed by atoms with Crippen molar-refractivity contribution in [3.05, 3.63) is 69.8 Å². The molecule has 1 aliphatic carbocycles. The molecule has 1 amide bonds. The van der Waals surface area contributed by atoms with Crippen LogP contribution < -0.4 is 0 Å². The molecule has 10 heteroatoms. The smallest absolute Gasteiger partial charge is 0.334 e. The van der Waals surface area contributed by atoms with Crippen molar-refractivity contribution in [2.24, 2.45) is 0 Å². The van der Waals surface area contributed by atoms with Crippen LogP contribution in [0.25, 0.3) is 11.1 Å². The van der Waals surface area contributed by atoms with Gasteiger partial charge in [-0.1, -0.05) is 11.6 Å². The lowest BCUT2D eigenvalue weighted by Gasteiger charge is -2.21. The maximum atomic E-state index is 14.9. The van der Waals surface area contributed by atoms with Crippen molar-refractivity contribution in [2.75, 3.05) is 7.05 Å². The number of benzene rings is 1. The van der Waals surface area contributed by atoms with Crippen LogP contribution in [0.5, 0.6) is 0 Å². The number of amides is 1. The summed E-state index contributed by atoms with van der Waals surface area (Å²) in [6.07, 6.45) is -0.656. The molecular weight excluding hydrogens is 460 g/mol. The van der Waals surface area contributed by atoms with Crippen molar-refractivity contribution >= 4 is 17.5 Å². The molecule has 4 rings (SSSR count). The van der Waals surface area contributed by atoms with Crippen LogP contribution in [0.15, 0.2) is 30.6 Å². The monoisotopic (exact) mass is 480 g/mol. The number of hydrogen-bond donors (Lipinski definition) is 0. The molecule has 0 aliphatic heterocycles. The zero-order chi connectivity index (χ0) is 24.1. The molecular formula is C23H21ClF4N4O. The first-order valence-corrected chi connectivity index (χ1v) is 10.7. The Labute approximate surface area is 193 Å². The Kier molecular flexibility index (Phi) is 5.94. The Balaban J connectivity index is 1.89. The Bertz CT molecular complexity index is 1220. The van der Waals surface area contributed by atoms with Crippen LogP contribution in [0, 0.1) is 19.7 Å². The van der Waals surface area contributed by atoms with E-state index in [0.29, 0.717) is 24.2 Å². The standard InChI is InChI=1S/C23H21ClF4N4O/c1-12-9-30-15(10-29-12)11-31(3)22(33)20-19(17-7-4-14(24)8-18(17)25)13(2)21(23(26,27)28)32(20)16-5-6-16/h4,7-10,16H,5-6,11H2,1-3H3. The average Bonchev–Trinajstić information content (AvgIpc) is 3.52. The summed E-state index contributed by atoms with van der Waals surface area (Å²) in [5.74, 6) is -1.46. The molecule has 0 N–H and O–H groups in total. The van der Waals surface area contributed by atoms with E-state index in [9.17, 15) is 22.4 Å². The number of hydrogen-bond acceptors (Lipinski definition) is 3. The first-order valence-electron chi connectivity index (χ1n) is 10.3. The minimum Gasteiger partial charge on any atom is -0.334 e. The quantitative estimate of drug-likeness (QED) is 0.422. The topological polar surface area (TPSA) is 51.0 Å². The van der Waals surface area contributed by atoms with Crippen LogP contribution in [0.2, 0.25) is 5.02 Å². The zero-order valence-electron chi connectivity index (χ0n) is 18.2. The van der Waals surface area contributed by atoms with E-state index in [2.05, 4.69) is 9.97 Å². The molecule has 1 fully saturated rings. The van der Waals surface area contributed by atoms with Gasteiger partial charge in [0, 0.05) is 35.4 Å². The molecule has 0 bridgehead atoms. The van der Waals surface area contributed by atoms with Gasteiger partial charge in [-0.15, -0.1) is 0 Å². The Morgan fingerprint density at radius 1 is 1.21 bits per heavy atom. The Morgan fingerprint density at radius 2 is 1.91 bits per heavy atom. The molecule has 33 heavy (non-hydrogen) atoms. The maximum Gasteiger partial charge on any atom is 0.431 e. The van der Waals surface area contributed by atoms with Crippen LogP contribution in [0.1, 0.15) is 52.0 Å². The molecule has 0 spiro atoms. The van der Waals surface area contributed by atoms with E-state index in [4.69, 9.17) is 11.6 Å². The Morgan fingerprint density at radius 3 is 2.45 bits per heavy atom. The summed E-state index contributed by atoms with van der Waals surface area (Å²) in [6.45, 7) is 3.07. The lowest BCUT2D eigenvalue weighted by Crippen LogP contribution is -2.30. The van der Waals surface area contributed by atoms with Crippen molar-refractivity contribution in [1.29, 1.82) is 0 Å². The summed E-state index contributed by atoms with van der Waals surface area (Å²) in [5, 5.41) is 0.106. The first kappa shape index (κ1) is 23.2. The van der Waals surface area contributed by atoms with E-state index in [1.54, 1.807) is 13.1 Å². The third-order valence-electron chi connectivity index (χ3n) is 5.61. The molecule has 0 saturated heterocycles. The lowest BCUT2D eigenvalue weighted by molar-refractivity contribution is -0.144. The minimum absolute atomic E-state index is 0.0326. The van der Waals surface area contributed by atoms with Gasteiger partial charge in [-0.2, -0.15) is 13.2 Å². The van der Waals surface area contributed by atoms with Crippen LogP contribution in [-0.4, -0.2) is 32.4 Å². The second-order valence-corrected chi connectivity index (χ2v) is 8.67. The number of carbonyl (C=O) groups excluding carboxylic acids is 1. The van der Waals surface area contributed by atoms with Gasteiger partial charge in [0.15, 0.2) is 0 Å². The van der Waals surface area contributed by atoms with Gasteiger partial charge in [-0.05, 0) is 50.5 Å². The van der Waals surface area contributed by atoms with E-state index in [-0.39, 0.29) is 34.0 Å². The van der Waals surface area contributed by atoms with Gasteiger partial charge in [0.05, 0.1) is 24.1 Å². The van der Waals surface area contributed by atoms with Crippen molar-refractivity contribution in [3.8, 4) is 11.1 Å². The highest BCUT2D eigenvalue weighted by molar-refractivity contribution is 6.30. The fourth-order valence-electron chi connectivity index (χ4n) is 3.98. The van der Waals surface area contributed by atoms with Gasteiger partial charge in [0.2, 0.25) is 0 Å². The third-order valence-corrected chi connectivity index (χ3v) is 5.85. The SMILES string of the molecule is Cc1cnc(CN(C)C(=O)c2c(-c3ccc(Cl)cc3F)c(C)c(C(F)(F)F)n2C2CC2)cn1. The number of halogens is 5. The molecule has 0 atom stereocenters. The van der Waals surface area contributed by atoms with Crippen LogP contribution >= 0.6 is 11.6 Å². The van der Waals surface area contributed by atoms with E-state index in [1.165, 1.54) is 37.2 Å². The summed E-state index contributed by atoms with van der Waals surface area (Å²) in [4.78, 5) is 23.2. The molecule has 1 aromatic carbocycles. The predicted octanol–water partition coefficient (Wildman–Crippen LogP) is 5.98. The molecule has 3 aromatic rings. The number of aromatic nitrogens is 3. The second-order valence-electron chi connectivity index (χ2n) is 8.23. The summed E-state index contributed by atoms with van der Waals surface area (Å²) in [5.41, 5.74) is -0.312. The van der Waals surface area contributed by atoms with Crippen molar-refractivity contribution < 1.29 is 22.4 Å². The second kappa shape index (κ2) is 8.44. The molecule has 2 heterocycles. The summed E-state index contributed by atoms with van der Waals surface area (Å²) < 4.78 is 58.3. The number of alkyl halides is 3. The summed E-state index contributed by atoms with van der Waals surface area (Å²) in [7, 11) is 1.47. The normalized spacial score (nSPS) is 13.9. The molecule has 1 saturated carbocycles. The predicted molar refractivity (Wildman–Crippen MR) is 115 cm³/mol. The van der Waals surface area contributed by atoms with Crippen LogP contribution in [-0.2, 0) is 12.7 Å². The maximum absolute atomic E-state index is 14.9. The molecule has 1 aliphatic rings. The minimum atomic E-state index is -4.72. The Hall–Kier alpha value is -2.94. The fourth-order valence-corrected chi connectivity index (χ4v) is 4.14. The number of nitrogens with zero attached hydrogens (tertiary/aromatic N) is 4. The van der Waals surface area contributed by atoms with Crippen LogP contribution in [0.4, 0.5) is 17.6 Å².